The highest BCUT2D eigenvalue weighted by atomic mass is 16.5. The molecule has 0 amide bonds. The van der Waals surface area contributed by atoms with Gasteiger partial charge >= 0.3 is 5.97 Å². The number of morpholine rings is 1. The Bertz CT molecular complexity index is 706. The molecule has 0 aliphatic carbocycles. The summed E-state index contributed by atoms with van der Waals surface area (Å²) in [6.07, 6.45) is 0. The fourth-order valence-corrected chi connectivity index (χ4v) is 2.76. The van der Waals surface area contributed by atoms with Crippen LogP contribution in [0, 0.1) is 6.92 Å². The van der Waals surface area contributed by atoms with Crippen molar-refractivity contribution in [3.8, 4) is 11.5 Å². The first kappa shape index (κ1) is 16.5. The Kier molecular flexibility index (Phi) is 5.13. The SMILES string of the molecule is Cc1c(Oc2ccc(CN3CCOCC3)cc2)cccc1C(=O)O. The van der Waals surface area contributed by atoms with Crippen LogP contribution in [-0.4, -0.2) is 42.3 Å². The molecular formula is C19H21NO4. The minimum Gasteiger partial charge on any atom is -0.478 e. The smallest absolute Gasteiger partial charge is 0.336 e. The van der Waals surface area contributed by atoms with Crippen LogP contribution in [0.2, 0.25) is 0 Å². The van der Waals surface area contributed by atoms with E-state index in [1.807, 2.05) is 24.3 Å². The van der Waals surface area contributed by atoms with Crippen molar-refractivity contribution in [2.45, 2.75) is 13.5 Å². The second-order valence-corrected chi connectivity index (χ2v) is 5.87. The highest BCUT2D eigenvalue weighted by Gasteiger charge is 2.12. The number of ether oxygens (including phenoxy) is 2. The van der Waals surface area contributed by atoms with Gasteiger partial charge in [0.1, 0.15) is 11.5 Å². The van der Waals surface area contributed by atoms with Crippen LogP contribution in [0.15, 0.2) is 42.5 Å². The third-order valence-corrected chi connectivity index (χ3v) is 4.18. The number of hydrogen-bond donors (Lipinski definition) is 1. The molecule has 2 aromatic carbocycles. The molecule has 1 aliphatic rings. The number of benzene rings is 2. The fraction of sp³-hybridized carbons (Fsp3) is 0.316. The van der Waals surface area contributed by atoms with Gasteiger partial charge in [-0.1, -0.05) is 18.2 Å². The number of rotatable bonds is 5. The Labute approximate surface area is 141 Å². The van der Waals surface area contributed by atoms with Gasteiger partial charge in [-0.05, 0) is 36.8 Å². The van der Waals surface area contributed by atoms with Crippen LogP contribution in [0.5, 0.6) is 11.5 Å². The molecule has 24 heavy (non-hydrogen) atoms. The van der Waals surface area contributed by atoms with E-state index in [1.165, 1.54) is 5.56 Å². The molecule has 1 saturated heterocycles. The summed E-state index contributed by atoms with van der Waals surface area (Å²) < 4.78 is 11.2. The zero-order chi connectivity index (χ0) is 16.9. The number of carboxylic acids is 1. The number of carbonyl (C=O) groups is 1. The molecule has 0 bridgehead atoms. The molecule has 126 valence electrons. The van der Waals surface area contributed by atoms with E-state index in [0.717, 1.165) is 32.8 Å². The standard InChI is InChI=1S/C19H21NO4/c1-14-17(19(21)22)3-2-4-18(14)24-16-7-5-15(6-8-16)13-20-9-11-23-12-10-20/h2-8H,9-13H2,1H3,(H,21,22). The summed E-state index contributed by atoms with van der Waals surface area (Å²) in [4.78, 5) is 13.6. The topological polar surface area (TPSA) is 59.0 Å². The molecule has 0 atom stereocenters. The Morgan fingerprint density at radius 1 is 1.17 bits per heavy atom. The normalized spacial score (nSPS) is 15.2. The molecule has 1 heterocycles. The molecule has 0 aromatic heterocycles. The summed E-state index contributed by atoms with van der Waals surface area (Å²) in [6, 6.07) is 13.0. The highest BCUT2D eigenvalue weighted by Crippen LogP contribution is 2.27. The van der Waals surface area contributed by atoms with E-state index in [-0.39, 0.29) is 5.56 Å². The van der Waals surface area contributed by atoms with E-state index in [0.29, 0.717) is 17.1 Å². The van der Waals surface area contributed by atoms with E-state index >= 15 is 0 Å². The molecular weight excluding hydrogens is 306 g/mol. The van der Waals surface area contributed by atoms with Crippen LogP contribution in [0.25, 0.3) is 0 Å². The summed E-state index contributed by atoms with van der Waals surface area (Å²) in [5.74, 6) is 0.320. The molecule has 3 rings (SSSR count). The van der Waals surface area contributed by atoms with Crippen LogP contribution in [0.1, 0.15) is 21.5 Å². The molecule has 5 nitrogen and oxygen atoms in total. The lowest BCUT2D eigenvalue weighted by Crippen LogP contribution is -2.35. The highest BCUT2D eigenvalue weighted by molar-refractivity contribution is 5.90. The van der Waals surface area contributed by atoms with E-state index in [1.54, 1.807) is 25.1 Å². The van der Waals surface area contributed by atoms with E-state index in [9.17, 15) is 9.90 Å². The third-order valence-electron chi connectivity index (χ3n) is 4.18. The first-order valence-electron chi connectivity index (χ1n) is 8.03. The predicted molar refractivity (Wildman–Crippen MR) is 90.8 cm³/mol. The van der Waals surface area contributed by atoms with Gasteiger partial charge in [0.25, 0.3) is 0 Å². The molecule has 0 unspecified atom stereocenters. The summed E-state index contributed by atoms with van der Waals surface area (Å²) in [5, 5.41) is 9.18. The van der Waals surface area contributed by atoms with Gasteiger partial charge in [0.15, 0.2) is 0 Å². The van der Waals surface area contributed by atoms with E-state index < -0.39 is 5.97 Å². The lowest BCUT2D eigenvalue weighted by Gasteiger charge is -2.26. The van der Waals surface area contributed by atoms with Crippen molar-refractivity contribution in [3.05, 3.63) is 59.2 Å². The lowest BCUT2D eigenvalue weighted by atomic mass is 10.1. The van der Waals surface area contributed by atoms with Crippen molar-refractivity contribution in [3.63, 3.8) is 0 Å². The number of carboxylic acid groups (broad SMARTS) is 1. The van der Waals surface area contributed by atoms with Gasteiger partial charge in [0.05, 0.1) is 18.8 Å². The maximum Gasteiger partial charge on any atom is 0.336 e. The molecule has 0 saturated carbocycles. The van der Waals surface area contributed by atoms with Gasteiger partial charge in [0, 0.05) is 25.2 Å². The quantitative estimate of drug-likeness (QED) is 0.913. The second-order valence-electron chi connectivity index (χ2n) is 5.87. The minimum absolute atomic E-state index is 0.261. The van der Waals surface area contributed by atoms with Crippen molar-refractivity contribution < 1.29 is 19.4 Å². The Balaban J connectivity index is 1.68. The van der Waals surface area contributed by atoms with Crippen LogP contribution < -0.4 is 4.74 Å². The Hall–Kier alpha value is -2.37. The summed E-state index contributed by atoms with van der Waals surface area (Å²) in [6.45, 7) is 6.16. The molecule has 0 spiro atoms. The van der Waals surface area contributed by atoms with Crippen molar-refractivity contribution in [2.24, 2.45) is 0 Å². The summed E-state index contributed by atoms with van der Waals surface area (Å²) >= 11 is 0. The number of aromatic carboxylic acids is 1. The fourth-order valence-electron chi connectivity index (χ4n) is 2.76. The van der Waals surface area contributed by atoms with Crippen molar-refractivity contribution in [2.75, 3.05) is 26.3 Å². The second kappa shape index (κ2) is 7.47. The van der Waals surface area contributed by atoms with E-state index in [4.69, 9.17) is 9.47 Å². The maximum atomic E-state index is 11.2. The average molecular weight is 327 g/mol. The number of nitrogens with zero attached hydrogens (tertiary/aromatic N) is 1. The van der Waals surface area contributed by atoms with Crippen LogP contribution in [-0.2, 0) is 11.3 Å². The van der Waals surface area contributed by atoms with E-state index in [2.05, 4.69) is 4.90 Å². The Morgan fingerprint density at radius 2 is 1.88 bits per heavy atom. The average Bonchev–Trinajstić information content (AvgIpc) is 2.59. The first-order chi connectivity index (χ1) is 11.6. The lowest BCUT2D eigenvalue weighted by molar-refractivity contribution is 0.0342. The van der Waals surface area contributed by atoms with Gasteiger partial charge in [0.2, 0.25) is 0 Å². The van der Waals surface area contributed by atoms with Crippen molar-refractivity contribution in [1.82, 2.24) is 4.90 Å². The van der Waals surface area contributed by atoms with Crippen molar-refractivity contribution in [1.29, 1.82) is 0 Å². The zero-order valence-electron chi connectivity index (χ0n) is 13.7. The summed E-state index contributed by atoms with van der Waals surface area (Å²) in [5.41, 5.74) is 2.11. The monoisotopic (exact) mass is 327 g/mol. The first-order valence-corrected chi connectivity index (χ1v) is 8.03. The molecule has 1 fully saturated rings. The molecule has 5 heteroatoms. The van der Waals surface area contributed by atoms with Gasteiger partial charge in [-0.15, -0.1) is 0 Å². The maximum absolute atomic E-state index is 11.2. The van der Waals surface area contributed by atoms with Gasteiger partial charge in [-0.2, -0.15) is 0 Å². The van der Waals surface area contributed by atoms with Crippen LogP contribution in [0.3, 0.4) is 0 Å². The van der Waals surface area contributed by atoms with Gasteiger partial charge in [-0.25, -0.2) is 4.79 Å². The van der Waals surface area contributed by atoms with Crippen LogP contribution >= 0.6 is 0 Å². The predicted octanol–water partition coefficient (Wildman–Crippen LogP) is 3.32. The zero-order valence-corrected chi connectivity index (χ0v) is 13.7. The van der Waals surface area contributed by atoms with Gasteiger partial charge in [-0.3, -0.25) is 4.90 Å². The van der Waals surface area contributed by atoms with Crippen molar-refractivity contribution >= 4 is 5.97 Å². The third kappa shape index (κ3) is 3.93. The Morgan fingerprint density at radius 3 is 2.54 bits per heavy atom. The molecule has 0 radical (unpaired) electrons. The van der Waals surface area contributed by atoms with Crippen LogP contribution in [0.4, 0.5) is 0 Å². The summed E-state index contributed by atoms with van der Waals surface area (Å²) in [7, 11) is 0. The number of hydrogen-bond acceptors (Lipinski definition) is 4. The van der Waals surface area contributed by atoms with Gasteiger partial charge < -0.3 is 14.6 Å². The minimum atomic E-state index is -0.946. The molecule has 2 aromatic rings. The molecule has 1 N–H and O–H groups in total. The molecule has 1 aliphatic heterocycles. The largest absolute Gasteiger partial charge is 0.478 e.